The molecule has 2 aromatic rings. The van der Waals surface area contributed by atoms with E-state index in [1.165, 1.54) is 12.8 Å². The van der Waals surface area contributed by atoms with Crippen LogP contribution in [0.2, 0.25) is 0 Å². The topological polar surface area (TPSA) is 80.5 Å². The van der Waals surface area contributed by atoms with Crippen LogP contribution in [0.25, 0.3) is 0 Å². The number of benzene rings is 1. The first-order valence-electron chi connectivity index (χ1n) is 11.3. The van der Waals surface area contributed by atoms with Gasteiger partial charge >= 0.3 is 0 Å². The molecule has 1 unspecified atom stereocenters. The van der Waals surface area contributed by atoms with Crippen LogP contribution in [-0.4, -0.2) is 64.9 Å². The Morgan fingerprint density at radius 3 is 2.42 bits per heavy atom. The van der Waals surface area contributed by atoms with Gasteiger partial charge in [-0.1, -0.05) is 6.07 Å². The van der Waals surface area contributed by atoms with Crippen molar-refractivity contribution in [2.45, 2.75) is 32.2 Å². The summed E-state index contributed by atoms with van der Waals surface area (Å²) in [6.07, 6.45) is 4.95. The zero-order chi connectivity index (χ0) is 22.8. The van der Waals surface area contributed by atoms with E-state index in [1.54, 1.807) is 27.6 Å². The summed E-state index contributed by atoms with van der Waals surface area (Å²) in [6, 6.07) is 8.06. The molecule has 184 valence electrons. The van der Waals surface area contributed by atoms with Crippen molar-refractivity contribution in [2.75, 3.05) is 54.1 Å². The molecule has 3 rings (SSSR count). The molecule has 33 heavy (non-hydrogen) atoms. The van der Waals surface area contributed by atoms with Crippen LogP contribution in [0.3, 0.4) is 0 Å². The van der Waals surface area contributed by atoms with Crippen LogP contribution in [0.15, 0.2) is 39.9 Å². The normalized spacial score (nSPS) is 15.0. The number of ether oxygens (including phenoxy) is 3. The van der Waals surface area contributed by atoms with E-state index < -0.39 is 0 Å². The summed E-state index contributed by atoms with van der Waals surface area (Å²) in [5.41, 5.74) is 1.04. The van der Waals surface area contributed by atoms with Crippen LogP contribution in [0.1, 0.15) is 37.1 Å². The number of likely N-dealkylation sites (tertiary alicyclic amines) is 1. The number of hydrogen-bond donors (Lipinski definition) is 2. The van der Waals surface area contributed by atoms with E-state index in [4.69, 9.17) is 23.6 Å². The van der Waals surface area contributed by atoms with Gasteiger partial charge in [0.2, 0.25) is 5.75 Å². The number of aliphatic imine (C=N–C) groups is 1. The van der Waals surface area contributed by atoms with Crippen LogP contribution in [0.4, 0.5) is 0 Å². The summed E-state index contributed by atoms with van der Waals surface area (Å²) in [6.45, 7) is 6.38. The fraction of sp³-hybridized carbons (Fsp3) is 0.542. The third kappa shape index (κ3) is 7.17. The molecule has 1 aromatic carbocycles. The van der Waals surface area contributed by atoms with Gasteiger partial charge in [-0.25, -0.2) is 0 Å². The number of methoxy groups -OCH3 is 3. The average Bonchev–Trinajstić information content (AvgIpc) is 3.53. The molecule has 2 N–H and O–H groups in total. The first-order valence-corrected chi connectivity index (χ1v) is 11.3. The highest BCUT2D eigenvalue weighted by Crippen LogP contribution is 2.39. The van der Waals surface area contributed by atoms with Gasteiger partial charge in [-0.2, -0.15) is 0 Å². The highest BCUT2D eigenvalue weighted by atomic mass is 127. The lowest BCUT2D eigenvalue weighted by atomic mass is 10.1. The maximum absolute atomic E-state index is 5.72. The van der Waals surface area contributed by atoms with Crippen molar-refractivity contribution < 1.29 is 18.6 Å². The van der Waals surface area contributed by atoms with Crippen LogP contribution in [-0.2, 0) is 6.42 Å². The Hall–Kier alpha value is -2.14. The first-order chi connectivity index (χ1) is 15.7. The lowest BCUT2D eigenvalue weighted by molar-refractivity contribution is 0.221. The molecule has 2 heterocycles. The molecular weight excluding hydrogens is 535 g/mol. The molecule has 9 heteroatoms. The van der Waals surface area contributed by atoms with Gasteiger partial charge in [0, 0.05) is 18.7 Å². The molecule has 0 saturated carbocycles. The molecule has 0 radical (unpaired) electrons. The second-order valence-corrected chi connectivity index (χ2v) is 7.66. The molecule has 1 aliphatic heterocycles. The maximum Gasteiger partial charge on any atom is 0.203 e. The Kier molecular flexibility index (Phi) is 11.7. The van der Waals surface area contributed by atoms with E-state index in [0.29, 0.717) is 30.3 Å². The Morgan fingerprint density at radius 1 is 1.06 bits per heavy atom. The van der Waals surface area contributed by atoms with Gasteiger partial charge in [0.05, 0.1) is 40.2 Å². The predicted octanol–water partition coefficient (Wildman–Crippen LogP) is 3.86. The van der Waals surface area contributed by atoms with Gasteiger partial charge in [-0.3, -0.25) is 9.89 Å². The minimum absolute atomic E-state index is 0. The minimum atomic E-state index is 0. The van der Waals surface area contributed by atoms with Gasteiger partial charge in [0.15, 0.2) is 17.5 Å². The summed E-state index contributed by atoms with van der Waals surface area (Å²) in [7, 11) is 4.89. The molecule has 0 aliphatic carbocycles. The number of furan rings is 1. The molecule has 0 spiro atoms. The largest absolute Gasteiger partial charge is 0.493 e. The van der Waals surface area contributed by atoms with Gasteiger partial charge < -0.3 is 29.3 Å². The van der Waals surface area contributed by atoms with E-state index in [2.05, 4.69) is 22.5 Å². The first kappa shape index (κ1) is 27.1. The fourth-order valence-electron chi connectivity index (χ4n) is 4.11. The lowest BCUT2D eigenvalue weighted by Crippen LogP contribution is -2.39. The van der Waals surface area contributed by atoms with Gasteiger partial charge in [0.25, 0.3) is 0 Å². The third-order valence-corrected chi connectivity index (χ3v) is 5.69. The van der Waals surface area contributed by atoms with Crippen molar-refractivity contribution in [2.24, 2.45) is 4.99 Å². The van der Waals surface area contributed by atoms with E-state index in [9.17, 15) is 0 Å². The number of nitrogens with one attached hydrogen (secondary N) is 2. The molecular formula is C24H37IN4O4. The van der Waals surface area contributed by atoms with Crippen LogP contribution < -0.4 is 24.8 Å². The quantitative estimate of drug-likeness (QED) is 0.241. The summed E-state index contributed by atoms with van der Waals surface area (Å²) in [5.74, 6) is 3.73. The number of rotatable bonds is 11. The molecule has 1 aliphatic rings. The number of halogens is 1. The van der Waals surface area contributed by atoms with E-state index in [0.717, 1.165) is 43.3 Å². The Balaban J connectivity index is 0.00000385. The van der Waals surface area contributed by atoms with Crippen molar-refractivity contribution in [1.29, 1.82) is 0 Å². The van der Waals surface area contributed by atoms with E-state index >= 15 is 0 Å². The van der Waals surface area contributed by atoms with Crippen molar-refractivity contribution >= 4 is 29.9 Å². The van der Waals surface area contributed by atoms with Crippen molar-refractivity contribution in [1.82, 2.24) is 15.5 Å². The summed E-state index contributed by atoms with van der Waals surface area (Å²) in [4.78, 5) is 7.32. The molecule has 1 saturated heterocycles. The maximum atomic E-state index is 5.72. The van der Waals surface area contributed by atoms with Gasteiger partial charge in [-0.05, 0) is 57.5 Å². The number of nitrogens with zero attached hydrogens (tertiary/aromatic N) is 2. The lowest BCUT2D eigenvalue weighted by Gasteiger charge is -2.24. The predicted molar refractivity (Wildman–Crippen MR) is 141 cm³/mol. The molecule has 0 amide bonds. The van der Waals surface area contributed by atoms with Gasteiger partial charge in [-0.15, -0.1) is 24.0 Å². The summed E-state index contributed by atoms with van der Waals surface area (Å²) in [5, 5.41) is 6.78. The van der Waals surface area contributed by atoms with Crippen LogP contribution in [0, 0.1) is 0 Å². The zero-order valence-electron chi connectivity index (χ0n) is 20.1. The zero-order valence-corrected chi connectivity index (χ0v) is 22.4. The Morgan fingerprint density at radius 2 is 1.82 bits per heavy atom. The smallest absolute Gasteiger partial charge is 0.203 e. The molecule has 8 nitrogen and oxygen atoms in total. The SMILES string of the molecule is CCNC(=NCC(c1ccco1)N1CCCC1)NCCc1ccc(OC)c(OC)c1OC.I. The third-order valence-electron chi connectivity index (χ3n) is 5.69. The fourth-order valence-corrected chi connectivity index (χ4v) is 4.11. The van der Waals surface area contributed by atoms with E-state index in [-0.39, 0.29) is 30.0 Å². The summed E-state index contributed by atoms with van der Waals surface area (Å²) < 4.78 is 22.2. The molecule has 0 bridgehead atoms. The van der Waals surface area contributed by atoms with Crippen molar-refractivity contribution in [3.05, 3.63) is 41.9 Å². The minimum Gasteiger partial charge on any atom is -0.493 e. The molecule has 1 fully saturated rings. The number of guanidine groups is 1. The van der Waals surface area contributed by atoms with Crippen LogP contribution in [0.5, 0.6) is 17.2 Å². The highest BCUT2D eigenvalue weighted by Gasteiger charge is 2.25. The standard InChI is InChI=1S/C24H36N4O4.HI/c1-5-25-24(27-17-19(20-9-8-16-32-20)28-14-6-7-15-28)26-13-12-18-10-11-21(29-2)23(31-4)22(18)30-3;/h8-11,16,19H,5-7,12-15,17H2,1-4H3,(H2,25,26,27);1H. The van der Waals surface area contributed by atoms with Crippen molar-refractivity contribution in [3.63, 3.8) is 0 Å². The van der Waals surface area contributed by atoms with Gasteiger partial charge in [0.1, 0.15) is 5.76 Å². The molecule has 1 aromatic heterocycles. The second kappa shape index (κ2) is 14.2. The monoisotopic (exact) mass is 572 g/mol. The number of hydrogen-bond acceptors (Lipinski definition) is 6. The van der Waals surface area contributed by atoms with Crippen molar-refractivity contribution in [3.8, 4) is 17.2 Å². The Labute approximate surface area is 214 Å². The summed E-state index contributed by atoms with van der Waals surface area (Å²) >= 11 is 0. The average molecular weight is 572 g/mol. The van der Waals surface area contributed by atoms with Crippen LogP contribution >= 0.6 is 24.0 Å². The van der Waals surface area contributed by atoms with E-state index in [1.807, 2.05) is 24.3 Å². The second-order valence-electron chi connectivity index (χ2n) is 7.66. The highest BCUT2D eigenvalue weighted by molar-refractivity contribution is 14.0. The Bertz CT molecular complexity index is 854. The molecule has 1 atom stereocenters.